The van der Waals surface area contributed by atoms with Gasteiger partial charge in [0, 0.05) is 18.4 Å². The lowest BCUT2D eigenvalue weighted by molar-refractivity contribution is 0.806. The summed E-state index contributed by atoms with van der Waals surface area (Å²) in [6, 6.07) is 5.81. The summed E-state index contributed by atoms with van der Waals surface area (Å²) >= 11 is 1.50. The summed E-state index contributed by atoms with van der Waals surface area (Å²) in [5.41, 5.74) is 6.78. The quantitative estimate of drug-likeness (QED) is 0.820. The van der Waals surface area contributed by atoms with E-state index in [1.165, 1.54) is 18.1 Å². The maximum atomic E-state index is 5.75. The molecular weight excluding hydrogens is 220 g/mol. The van der Waals surface area contributed by atoms with Crippen LogP contribution in [0.2, 0.25) is 0 Å². The molecule has 0 aliphatic rings. The van der Waals surface area contributed by atoms with Gasteiger partial charge in [0.25, 0.3) is 0 Å². The van der Waals surface area contributed by atoms with Crippen molar-refractivity contribution >= 4 is 11.8 Å². The highest BCUT2D eigenvalue weighted by molar-refractivity contribution is 7.99. The summed E-state index contributed by atoms with van der Waals surface area (Å²) in [6.45, 7) is 1.94. The van der Waals surface area contributed by atoms with Gasteiger partial charge in [-0.2, -0.15) is 0 Å². The van der Waals surface area contributed by atoms with Crippen LogP contribution in [0.15, 0.2) is 47.0 Å². The fraction of sp³-hybridized carbons (Fsp3) is 0.182. The third-order valence-electron chi connectivity index (χ3n) is 2.05. The minimum Gasteiger partial charge on any atom is -0.324 e. The lowest BCUT2D eigenvalue weighted by Gasteiger charge is -2.05. The third-order valence-corrected chi connectivity index (χ3v) is 2.95. The van der Waals surface area contributed by atoms with Crippen LogP contribution in [0.25, 0.3) is 0 Å². The normalized spacial score (nSPS) is 12.4. The number of rotatable bonds is 3. The summed E-state index contributed by atoms with van der Waals surface area (Å²) in [5, 5.41) is 1.79. The van der Waals surface area contributed by atoms with Gasteiger partial charge in [0.2, 0.25) is 0 Å². The summed E-state index contributed by atoms with van der Waals surface area (Å²) in [4.78, 5) is 12.3. The summed E-state index contributed by atoms with van der Waals surface area (Å²) in [7, 11) is 0. The van der Waals surface area contributed by atoms with E-state index in [2.05, 4.69) is 15.0 Å². The molecule has 2 heterocycles. The Labute approximate surface area is 98.3 Å². The maximum absolute atomic E-state index is 5.75. The van der Waals surface area contributed by atoms with Gasteiger partial charge >= 0.3 is 0 Å². The van der Waals surface area contributed by atoms with Gasteiger partial charge in [0.1, 0.15) is 16.4 Å². The average Bonchev–Trinajstić information content (AvgIpc) is 2.31. The molecule has 2 rings (SSSR count). The van der Waals surface area contributed by atoms with Gasteiger partial charge < -0.3 is 5.73 Å². The zero-order valence-corrected chi connectivity index (χ0v) is 9.69. The number of nitrogens with two attached hydrogens (primary N) is 1. The van der Waals surface area contributed by atoms with Crippen molar-refractivity contribution in [2.75, 3.05) is 0 Å². The van der Waals surface area contributed by atoms with E-state index in [0.29, 0.717) is 0 Å². The number of hydrogen-bond donors (Lipinski definition) is 1. The molecule has 4 nitrogen and oxygen atoms in total. The number of nitrogens with zero attached hydrogens (tertiary/aromatic N) is 3. The molecule has 82 valence electrons. The first-order valence-corrected chi connectivity index (χ1v) is 5.73. The molecule has 1 atom stereocenters. The van der Waals surface area contributed by atoms with E-state index in [1.807, 2.05) is 25.1 Å². The highest BCUT2D eigenvalue weighted by Gasteiger charge is 2.02. The molecule has 5 heteroatoms. The Morgan fingerprint density at radius 1 is 1.19 bits per heavy atom. The lowest BCUT2D eigenvalue weighted by atomic mass is 10.2. The summed E-state index contributed by atoms with van der Waals surface area (Å²) in [6.07, 6.45) is 5.04. The molecule has 0 fully saturated rings. The molecule has 0 aliphatic heterocycles. The molecule has 2 N–H and O–H groups in total. The summed E-state index contributed by atoms with van der Waals surface area (Å²) < 4.78 is 0. The van der Waals surface area contributed by atoms with Crippen LogP contribution in [-0.2, 0) is 0 Å². The molecule has 0 saturated carbocycles. The van der Waals surface area contributed by atoms with Crippen LogP contribution in [0, 0.1) is 0 Å². The first-order chi connectivity index (χ1) is 7.75. The molecule has 0 aliphatic carbocycles. The van der Waals surface area contributed by atoms with Gasteiger partial charge in [-0.3, -0.25) is 0 Å². The largest absolute Gasteiger partial charge is 0.324 e. The highest BCUT2D eigenvalue weighted by Crippen LogP contribution is 2.23. The number of pyridine rings is 1. The molecule has 0 unspecified atom stereocenters. The van der Waals surface area contributed by atoms with Crippen LogP contribution in [-0.4, -0.2) is 15.0 Å². The monoisotopic (exact) mass is 232 g/mol. The van der Waals surface area contributed by atoms with Crippen molar-refractivity contribution in [3.05, 3.63) is 42.5 Å². The van der Waals surface area contributed by atoms with E-state index in [4.69, 9.17) is 5.73 Å². The van der Waals surface area contributed by atoms with E-state index in [1.54, 1.807) is 12.4 Å². The first-order valence-electron chi connectivity index (χ1n) is 4.91. The van der Waals surface area contributed by atoms with E-state index < -0.39 is 0 Å². The van der Waals surface area contributed by atoms with Crippen molar-refractivity contribution in [3.63, 3.8) is 0 Å². The molecule has 0 aromatic carbocycles. The van der Waals surface area contributed by atoms with E-state index >= 15 is 0 Å². The van der Waals surface area contributed by atoms with Gasteiger partial charge in [-0.15, -0.1) is 0 Å². The Morgan fingerprint density at radius 3 is 2.56 bits per heavy atom. The van der Waals surface area contributed by atoms with Gasteiger partial charge in [-0.05, 0) is 36.4 Å². The molecule has 2 aromatic heterocycles. The van der Waals surface area contributed by atoms with Crippen LogP contribution >= 0.6 is 11.8 Å². The highest BCUT2D eigenvalue weighted by atomic mass is 32.2. The van der Waals surface area contributed by atoms with Crippen molar-refractivity contribution < 1.29 is 0 Å². The van der Waals surface area contributed by atoms with E-state index in [-0.39, 0.29) is 6.04 Å². The molecule has 0 saturated heterocycles. The maximum Gasteiger partial charge on any atom is 0.116 e. The van der Waals surface area contributed by atoms with Crippen LogP contribution in [0.1, 0.15) is 18.5 Å². The Balaban J connectivity index is 2.11. The Hall–Kier alpha value is -1.46. The topological polar surface area (TPSA) is 64.7 Å². The SMILES string of the molecule is C[C@H](N)c1ccc(Sc2ccncn2)nc1. The first kappa shape index (κ1) is 11.0. The van der Waals surface area contributed by atoms with Crippen molar-refractivity contribution in [2.24, 2.45) is 5.73 Å². The van der Waals surface area contributed by atoms with Crippen molar-refractivity contribution in [3.8, 4) is 0 Å². The van der Waals surface area contributed by atoms with Crippen molar-refractivity contribution in [1.82, 2.24) is 15.0 Å². The molecule has 0 bridgehead atoms. The van der Waals surface area contributed by atoms with E-state index in [0.717, 1.165) is 15.6 Å². The van der Waals surface area contributed by atoms with E-state index in [9.17, 15) is 0 Å². The Morgan fingerprint density at radius 2 is 2.00 bits per heavy atom. The summed E-state index contributed by atoms with van der Waals surface area (Å²) in [5.74, 6) is 0. The fourth-order valence-electron chi connectivity index (χ4n) is 1.17. The molecule has 0 spiro atoms. The number of hydrogen-bond acceptors (Lipinski definition) is 5. The zero-order valence-electron chi connectivity index (χ0n) is 8.87. The second-order valence-electron chi connectivity index (χ2n) is 3.37. The predicted octanol–water partition coefficient (Wildman–Crippen LogP) is 2.04. The Bertz CT molecular complexity index is 441. The van der Waals surface area contributed by atoms with Gasteiger partial charge in [-0.1, -0.05) is 6.07 Å². The second-order valence-corrected chi connectivity index (χ2v) is 4.41. The van der Waals surface area contributed by atoms with Crippen LogP contribution in [0.3, 0.4) is 0 Å². The molecular formula is C11H12N4S. The van der Waals surface area contributed by atoms with Gasteiger partial charge in [0.05, 0.1) is 0 Å². The molecule has 0 amide bonds. The molecule has 16 heavy (non-hydrogen) atoms. The third kappa shape index (κ3) is 2.77. The van der Waals surface area contributed by atoms with Crippen molar-refractivity contribution in [2.45, 2.75) is 23.0 Å². The average molecular weight is 232 g/mol. The minimum atomic E-state index is 0.0191. The molecule has 2 aromatic rings. The molecule has 0 radical (unpaired) electrons. The lowest BCUT2D eigenvalue weighted by Crippen LogP contribution is -2.04. The standard InChI is InChI=1S/C11H12N4S/c1-8(12)9-2-3-10(14-6-9)16-11-4-5-13-7-15-11/h2-8H,12H2,1H3/t8-/m0/s1. The van der Waals surface area contributed by atoms with Crippen molar-refractivity contribution in [1.29, 1.82) is 0 Å². The van der Waals surface area contributed by atoms with Crippen LogP contribution in [0.4, 0.5) is 0 Å². The van der Waals surface area contributed by atoms with Gasteiger partial charge in [-0.25, -0.2) is 15.0 Å². The second kappa shape index (κ2) is 5.05. The fourth-order valence-corrected chi connectivity index (χ4v) is 1.85. The van der Waals surface area contributed by atoms with Crippen LogP contribution in [0.5, 0.6) is 0 Å². The van der Waals surface area contributed by atoms with Crippen LogP contribution < -0.4 is 5.73 Å². The number of aromatic nitrogens is 3. The Kier molecular flexibility index (Phi) is 3.48. The smallest absolute Gasteiger partial charge is 0.116 e. The predicted molar refractivity (Wildman–Crippen MR) is 63.0 cm³/mol. The van der Waals surface area contributed by atoms with Gasteiger partial charge in [0.15, 0.2) is 0 Å². The minimum absolute atomic E-state index is 0.0191. The zero-order chi connectivity index (χ0) is 11.4.